The average Bonchev–Trinajstić information content (AvgIpc) is 3.24. The minimum atomic E-state index is -0.157. The van der Waals surface area contributed by atoms with Gasteiger partial charge in [0, 0.05) is 43.6 Å². The number of anilines is 2. The van der Waals surface area contributed by atoms with Gasteiger partial charge in [0.25, 0.3) is 5.91 Å². The van der Waals surface area contributed by atoms with Crippen molar-refractivity contribution in [3.05, 3.63) is 48.4 Å². The SMILES string of the molecule is CN(C)c1ccc(NC(=O)CN2[C@@H]3CCC[C@@H]2CC(NC(=O)c2ccco2)C3)cc1. The topological polar surface area (TPSA) is 77.8 Å². The van der Waals surface area contributed by atoms with Crippen molar-refractivity contribution in [2.24, 2.45) is 0 Å². The molecule has 7 nitrogen and oxygen atoms in total. The zero-order valence-corrected chi connectivity index (χ0v) is 17.6. The fourth-order valence-corrected chi connectivity index (χ4v) is 4.73. The monoisotopic (exact) mass is 410 g/mol. The molecule has 2 aliphatic rings. The molecule has 0 saturated carbocycles. The van der Waals surface area contributed by atoms with E-state index in [2.05, 4.69) is 15.5 Å². The summed E-state index contributed by atoms with van der Waals surface area (Å²) in [6, 6.07) is 12.0. The van der Waals surface area contributed by atoms with E-state index in [1.807, 2.05) is 43.3 Å². The number of hydrogen-bond donors (Lipinski definition) is 2. The number of nitrogens with zero attached hydrogens (tertiary/aromatic N) is 2. The molecule has 2 amide bonds. The number of furan rings is 1. The smallest absolute Gasteiger partial charge is 0.287 e. The van der Waals surface area contributed by atoms with E-state index in [0.717, 1.165) is 37.1 Å². The van der Waals surface area contributed by atoms with Crippen molar-refractivity contribution in [1.29, 1.82) is 0 Å². The fraction of sp³-hybridized carbons (Fsp3) is 0.478. The van der Waals surface area contributed by atoms with Crippen molar-refractivity contribution in [2.75, 3.05) is 30.9 Å². The summed E-state index contributed by atoms with van der Waals surface area (Å²) in [5, 5.41) is 6.14. The Morgan fingerprint density at radius 3 is 2.40 bits per heavy atom. The van der Waals surface area contributed by atoms with Crippen LogP contribution in [0.25, 0.3) is 0 Å². The lowest BCUT2D eigenvalue weighted by molar-refractivity contribution is -0.120. The summed E-state index contributed by atoms with van der Waals surface area (Å²) in [5.41, 5.74) is 1.91. The molecule has 2 bridgehead atoms. The zero-order chi connectivity index (χ0) is 21.1. The van der Waals surface area contributed by atoms with Crippen molar-refractivity contribution in [3.63, 3.8) is 0 Å². The number of fused-ring (bicyclic) bond motifs is 2. The second-order valence-electron chi connectivity index (χ2n) is 8.52. The normalized spacial score (nSPS) is 23.6. The van der Waals surface area contributed by atoms with E-state index in [9.17, 15) is 9.59 Å². The van der Waals surface area contributed by atoms with Gasteiger partial charge in [-0.3, -0.25) is 14.5 Å². The number of rotatable bonds is 6. The molecule has 2 N–H and O–H groups in total. The number of carbonyl (C=O) groups excluding carboxylic acids is 2. The van der Waals surface area contributed by atoms with Gasteiger partial charge in [0.1, 0.15) is 0 Å². The Labute approximate surface area is 177 Å². The lowest BCUT2D eigenvalue weighted by atomic mass is 9.81. The third-order valence-corrected chi connectivity index (χ3v) is 6.20. The molecule has 4 rings (SSSR count). The van der Waals surface area contributed by atoms with Gasteiger partial charge in [0.05, 0.1) is 12.8 Å². The van der Waals surface area contributed by atoms with E-state index < -0.39 is 0 Å². The summed E-state index contributed by atoms with van der Waals surface area (Å²) in [4.78, 5) is 29.4. The standard InChI is InChI=1S/C23H30N4O3/c1-26(2)18-10-8-16(9-11-18)24-22(28)15-27-19-5-3-6-20(27)14-17(13-19)25-23(29)21-7-4-12-30-21/h4,7-12,17,19-20H,3,5-6,13-15H2,1-2H3,(H,24,28)(H,25,29)/t19-,20-/m1/s1. The largest absolute Gasteiger partial charge is 0.459 e. The predicted octanol–water partition coefficient (Wildman–Crippen LogP) is 3.10. The molecule has 2 aromatic rings. The summed E-state index contributed by atoms with van der Waals surface area (Å²) in [5.74, 6) is 0.209. The molecular weight excluding hydrogens is 380 g/mol. The maximum atomic E-state index is 12.7. The van der Waals surface area contributed by atoms with Crippen molar-refractivity contribution in [2.45, 2.75) is 50.2 Å². The molecule has 7 heteroatoms. The minimum Gasteiger partial charge on any atom is -0.459 e. The molecular formula is C23H30N4O3. The Balaban J connectivity index is 1.33. The van der Waals surface area contributed by atoms with Crippen LogP contribution in [0, 0.1) is 0 Å². The van der Waals surface area contributed by atoms with Crippen molar-refractivity contribution >= 4 is 23.2 Å². The third-order valence-electron chi connectivity index (χ3n) is 6.20. The number of carbonyl (C=O) groups is 2. The van der Waals surface area contributed by atoms with E-state index in [4.69, 9.17) is 4.42 Å². The Hall–Kier alpha value is -2.80. The predicted molar refractivity (Wildman–Crippen MR) is 117 cm³/mol. The van der Waals surface area contributed by atoms with Gasteiger partial charge in [-0.25, -0.2) is 0 Å². The highest BCUT2D eigenvalue weighted by Crippen LogP contribution is 2.34. The summed E-state index contributed by atoms with van der Waals surface area (Å²) in [7, 11) is 3.99. The molecule has 2 atom stereocenters. The van der Waals surface area contributed by atoms with Crippen LogP contribution in [0.5, 0.6) is 0 Å². The van der Waals surface area contributed by atoms with Gasteiger partial charge < -0.3 is 20.0 Å². The van der Waals surface area contributed by atoms with Crippen molar-refractivity contribution in [3.8, 4) is 0 Å². The van der Waals surface area contributed by atoms with Gasteiger partial charge in [-0.1, -0.05) is 6.42 Å². The summed E-state index contributed by atoms with van der Waals surface area (Å²) in [6.07, 6.45) is 6.56. The van der Waals surface area contributed by atoms with E-state index >= 15 is 0 Å². The maximum absolute atomic E-state index is 12.7. The first-order chi connectivity index (χ1) is 14.5. The van der Waals surface area contributed by atoms with Gasteiger partial charge >= 0.3 is 0 Å². The highest BCUT2D eigenvalue weighted by atomic mass is 16.3. The molecule has 3 heterocycles. The van der Waals surface area contributed by atoms with E-state index in [-0.39, 0.29) is 17.9 Å². The molecule has 2 fully saturated rings. The molecule has 0 aliphatic carbocycles. The fourth-order valence-electron chi connectivity index (χ4n) is 4.73. The van der Waals surface area contributed by atoms with Crippen LogP contribution in [0.1, 0.15) is 42.7 Å². The first-order valence-corrected chi connectivity index (χ1v) is 10.7. The molecule has 30 heavy (non-hydrogen) atoms. The Kier molecular flexibility index (Phi) is 6.08. The first kappa shape index (κ1) is 20.5. The first-order valence-electron chi connectivity index (χ1n) is 10.7. The van der Waals surface area contributed by atoms with Gasteiger partial charge in [-0.2, -0.15) is 0 Å². The summed E-state index contributed by atoms with van der Waals surface area (Å²) in [6.45, 7) is 0.392. The van der Waals surface area contributed by atoms with E-state index in [1.54, 1.807) is 12.1 Å². The van der Waals surface area contributed by atoms with Gasteiger partial charge in [-0.15, -0.1) is 0 Å². The van der Waals surface area contributed by atoms with Gasteiger partial charge in [0.15, 0.2) is 5.76 Å². The molecule has 1 aromatic carbocycles. The minimum absolute atomic E-state index is 0.0163. The summed E-state index contributed by atoms with van der Waals surface area (Å²) >= 11 is 0. The van der Waals surface area contributed by atoms with Crippen LogP contribution >= 0.6 is 0 Å². The second-order valence-corrected chi connectivity index (χ2v) is 8.52. The Morgan fingerprint density at radius 1 is 1.10 bits per heavy atom. The highest BCUT2D eigenvalue weighted by molar-refractivity contribution is 5.92. The molecule has 0 unspecified atom stereocenters. The molecule has 2 aliphatic heterocycles. The highest BCUT2D eigenvalue weighted by Gasteiger charge is 2.39. The zero-order valence-electron chi connectivity index (χ0n) is 17.6. The van der Waals surface area contributed by atoms with Crippen LogP contribution in [0.3, 0.4) is 0 Å². The molecule has 2 saturated heterocycles. The van der Waals surface area contributed by atoms with E-state index in [0.29, 0.717) is 24.4 Å². The number of hydrogen-bond acceptors (Lipinski definition) is 5. The van der Waals surface area contributed by atoms with Crippen LogP contribution in [-0.4, -0.2) is 55.5 Å². The third kappa shape index (κ3) is 4.67. The summed E-state index contributed by atoms with van der Waals surface area (Å²) < 4.78 is 5.20. The van der Waals surface area contributed by atoms with Crippen LogP contribution in [0.2, 0.25) is 0 Å². The molecule has 0 spiro atoms. The average molecular weight is 411 g/mol. The van der Waals surface area contributed by atoms with Crippen molar-refractivity contribution < 1.29 is 14.0 Å². The Morgan fingerprint density at radius 2 is 1.80 bits per heavy atom. The number of amides is 2. The molecule has 0 radical (unpaired) electrons. The number of nitrogens with one attached hydrogen (secondary N) is 2. The Bertz CT molecular complexity index is 849. The lowest BCUT2D eigenvalue weighted by Gasteiger charge is -2.48. The quantitative estimate of drug-likeness (QED) is 0.765. The number of benzene rings is 1. The maximum Gasteiger partial charge on any atom is 0.287 e. The lowest BCUT2D eigenvalue weighted by Crippen LogP contribution is -2.58. The van der Waals surface area contributed by atoms with Crippen LogP contribution in [0.15, 0.2) is 47.1 Å². The van der Waals surface area contributed by atoms with Crippen LogP contribution in [0.4, 0.5) is 11.4 Å². The molecule has 1 aromatic heterocycles. The van der Waals surface area contributed by atoms with Crippen LogP contribution < -0.4 is 15.5 Å². The van der Waals surface area contributed by atoms with Gasteiger partial charge in [-0.05, 0) is 62.1 Å². The van der Waals surface area contributed by atoms with Gasteiger partial charge in [0.2, 0.25) is 5.91 Å². The molecule has 160 valence electrons. The van der Waals surface area contributed by atoms with Crippen molar-refractivity contribution in [1.82, 2.24) is 10.2 Å². The van der Waals surface area contributed by atoms with E-state index in [1.165, 1.54) is 12.7 Å². The van der Waals surface area contributed by atoms with Crippen LogP contribution in [-0.2, 0) is 4.79 Å². The second kappa shape index (κ2) is 8.92. The number of piperidine rings is 2.